The summed E-state index contributed by atoms with van der Waals surface area (Å²) >= 11 is 0. The van der Waals surface area contributed by atoms with Crippen LogP contribution in [0.1, 0.15) is 17.9 Å². The molecular weight excluding hydrogens is 150 g/mol. The lowest BCUT2D eigenvalue weighted by Gasteiger charge is -1.98. The van der Waals surface area contributed by atoms with E-state index in [1.807, 2.05) is 19.2 Å². The Morgan fingerprint density at radius 3 is 3.17 bits per heavy atom. The second-order valence-corrected chi connectivity index (χ2v) is 2.75. The molecule has 0 amide bonds. The van der Waals surface area contributed by atoms with Crippen LogP contribution in [0, 0.1) is 6.92 Å². The maximum atomic E-state index is 4.10. The normalized spacial score (nSPS) is 10.1. The van der Waals surface area contributed by atoms with Gasteiger partial charge in [0.1, 0.15) is 5.82 Å². The summed E-state index contributed by atoms with van der Waals surface area (Å²) in [6.45, 7) is 7.43. The van der Waals surface area contributed by atoms with Gasteiger partial charge in [0.15, 0.2) is 0 Å². The van der Waals surface area contributed by atoms with E-state index in [9.17, 15) is 0 Å². The fourth-order valence-corrected chi connectivity index (χ4v) is 0.989. The van der Waals surface area contributed by atoms with E-state index in [2.05, 4.69) is 21.9 Å². The minimum Gasteiger partial charge on any atom is -0.345 e. The summed E-state index contributed by atoms with van der Waals surface area (Å²) in [6, 6.07) is 0. The van der Waals surface area contributed by atoms with Gasteiger partial charge < -0.3 is 10.3 Å². The highest BCUT2D eigenvalue weighted by molar-refractivity contribution is 4.99. The van der Waals surface area contributed by atoms with Crippen LogP contribution in [0.25, 0.3) is 0 Å². The molecule has 1 aromatic heterocycles. The molecule has 66 valence electrons. The van der Waals surface area contributed by atoms with Crippen molar-refractivity contribution < 1.29 is 0 Å². The number of imidazole rings is 1. The molecule has 3 heteroatoms. The molecule has 0 aliphatic heterocycles. The molecule has 0 saturated heterocycles. The van der Waals surface area contributed by atoms with E-state index in [1.54, 1.807) is 0 Å². The van der Waals surface area contributed by atoms with Gasteiger partial charge in [-0.1, -0.05) is 6.08 Å². The third-order valence-electron chi connectivity index (χ3n) is 1.60. The van der Waals surface area contributed by atoms with Crippen molar-refractivity contribution >= 4 is 0 Å². The molecule has 2 N–H and O–H groups in total. The fraction of sp³-hybridized carbons (Fsp3) is 0.444. The second kappa shape index (κ2) is 4.72. The first-order chi connectivity index (χ1) is 5.83. The second-order valence-electron chi connectivity index (χ2n) is 2.75. The zero-order valence-electron chi connectivity index (χ0n) is 7.43. The van der Waals surface area contributed by atoms with Crippen LogP contribution in [0.4, 0.5) is 0 Å². The molecule has 0 atom stereocenters. The van der Waals surface area contributed by atoms with Crippen LogP contribution in [0.15, 0.2) is 18.9 Å². The van der Waals surface area contributed by atoms with E-state index in [0.29, 0.717) is 0 Å². The lowest BCUT2D eigenvalue weighted by Crippen LogP contribution is -2.14. The van der Waals surface area contributed by atoms with Gasteiger partial charge >= 0.3 is 0 Å². The zero-order valence-corrected chi connectivity index (χ0v) is 7.43. The van der Waals surface area contributed by atoms with Crippen LogP contribution < -0.4 is 5.32 Å². The number of aryl methyl sites for hydroxylation is 1. The Morgan fingerprint density at radius 2 is 2.58 bits per heavy atom. The van der Waals surface area contributed by atoms with Crippen molar-refractivity contribution in [1.82, 2.24) is 15.3 Å². The van der Waals surface area contributed by atoms with Crippen LogP contribution in [0.5, 0.6) is 0 Å². The molecular formula is C9H15N3. The summed E-state index contributed by atoms with van der Waals surface area (Å²) in [5, 5.41) is 3.27. The molecule has 1 aromatic rings. The number of hydrogen-bond acceptors (Lipinski definition) is 2. The molecule has 0 saturated carbocycles. The van der Waals surface area contributed by atoms with Gasteiger partial charge in [0, 0.05) is 18.4 Å². The average molecular weight is 165 g/mol. The lowest BCUT2D eigenvalue weighted by atomic mass is 10.4. The Bertz CT molecular complexity index is 240. The van der Waals surface area contributed by atoms with Crippen LogP contribution in [-0.4, -0.2) is 16.5 Å². The highest BCUT2D eigenvalue weighted by atomic mass is 14.9. The Balaban J connectivity index is 2.19. The number of H-pyrrole nitrogens is 1. The first-order valence-electron chi connectivity index (χ1n) is 4.15. The smallest absolute Gasteiger partial charge is 0.103 e. The van der Waals surface area contributed by atoms with E-state index in [0.717, 1.165) is 31.0 Å². The lowest BCUT2D eigenvalue weighted by molar-refractivity contribution is 0.684. The molecule has 12 heavy (non-hydrogen) atoms. The van der Waals surface area contributed by atoms with Crippen molar-refractivity contribution in [3.05, 3.63) is 30.4 Å². The Labute approximate surface area is 72.9 Å². The van der Waals surface area contributed by atoms with Gasteiger partial charge in [-0.15, -0.1) is 6.58 Å². The van der Waals surface area contributed by atoms with Crippen molar-refractivity contribution in [3.63, 3.8) is 0 Å². The maximum Gasteiger partial charge on any atom is 0.103 e. The number of hydrogen-bond donors (Lipinski definition) is 2. The van der Waals surface area contributed by atoms with Crippen molar-refractivity contribution in [1.29, 1.82) is 0 Å². The Kier molecular flexibility index (Phi) is 3.54. The highest BCUT2D eigenvalue weighted by Crippen LogP contribution is 1.94. The first-order valence-corrected chi connectivity index (χ1v) is 4.15. The van der Waals surface area contributed by atoms with Crippen LogP contribution in [0.2, 0.25) is 0 Å². The molecule has 0 radical (unpaired) electrons. The monoisotopic (exact) mass is 165 g/mol. The van der Waals surface area contributed by atoms with Crippen molar-refractivity contribution in [2.45, 2.75) is 19.9 Å². The van der Waals surface area contributed by atoms with Gasteiger partial charge in [-0.05, 0) is 19.9 Å². The molecule has 0 aliphatic rings. The fourth-order valence-electron chi connectivity index (χ4n) is 0.989. The van der Waals surface area contributed by atoms with Crippen LogP contribution in [-0.2, 0) is 6.54 Å². The van der Waals surface area contributed by atoms with Gasteiger partial charge in [-0.2, -0.15) is 0 Å². The number of rotatable bonds is 5. The summed E-state index contributed by atoms with van der Waals surface area (Å²) in [5.41, 5.74) is 1.14. The summed E-state index contributed by atoms with van der Waals surface area (Å²) in [7, 11) is 0. The van der Waals surface area contributed by atoms with Crippen molar-refractivity contribution in [3.8, 4) is 0 Å². The number of aromatic nitrogens is 2. The molecule has 0 unspecified atom stereocenters. The average Bonchev–Trinajstić information content (AvgIpc) is 2.45. The van der Waals surface area contributed by atoms with Gasteiger partial charge in [0.25, 0.3) is 0 Å². The van der Waals surface area contributed by atoms with E-state index in [-0.39, 0.29) is 0 Å². The third kappa shape index (κ3) is 2.88. The van der Waals surface area contributed by atoms with Crippen molar-refractivity contribution in [2.24, 2.45) is 0 Å². The largest absolute Gasteiger partial charge is 0.345 e. The Hall–Kier alpha value is -1.09. The predicted octanol–water partition coefficient (Wildman–Crippen LogP) is 1.38. The van der Waals surface area contributed by atoms with Gasteiger partial charge in [-0.25, -0.2) is 4.98 Å². The third-order valence-corrected chi connectivity index (χ3v) is 1.60. The van der Waals surface area contributed by atoms with Crippen LogP contribution >= 0.6 is 0 Å². The molecule has 0 aliphatic carbocycles. The van der Waals surface area contributed by atoms with Gasteiger partial charge in [-0.3, -0.25) is 0 Å². The van der Waals surface area contributed by atoms with E-state index in [1.165, 1.54) is 0 Å². The van der Waals surface area contributed by atoms with E-state index >= 15 is 0 Å². The summed E-state index contributed by atoms with van der Waals surface area (Å²) < 4.78 is 0. The minimum atomic E-state index is 0.856. The molecule has 0 aromatic carbocycles. The SMILES string of the molecule is C=CCCNCc1cnc(C)[nH]1. The first kappa shape index (κ1) is 9.00. The van der Waals surface area contributed by atoms with E-state index < -0.39 is 0 Å². The summed E-state index contributed by atoms with van der Waals surface area (Å²) in [6.07, 6.45) is 4.77. The Morgan fingerprint density at radius 1 is 1.75 bits per heavy atom. The zero-order chi connectivity index (χ0) is 8.81. The van der Waals surface area contributed by atoms with E-state index in [4.69, 9.17) is 0 Å². The van der Waals surface area contributed by atoms with Gasteiger partial charge in [0.2, 0.25) is 0 Å². The predicted molar refractivity (Wildman–Crippen MR) is 49.8 cm³/mol. The topological polar surface area (TPSA) is 40.7 Å². The summed E-state index contributed by atoms with van der Waals surface area (Å²) in [5.74, 6) is 0.968. The molecule has 0 fully saturated rings. The summed E-state index contributed by atoms with van der Waals surface area (Å²) in [4.78, 5) is 7.25. The molecule has 0 spiro atoms. The quantitative estimate of drug-likeness (QED) is 0.511. The molecule has 0 bridgehead atoms. The van der Waals surface area contributed by atoms with Crippen LogP contribution in [0.3, 0.4) is 0 Å². The minimum absolute atomic E-state index is 0.856. The number of nitrogens with one attached hydrogen (secondary N) is 2. The molecule has 3 nitrogen and oxygen atoms in total. The number of nitrogens with zero attached hydrogens (tertiary/aromatic N) is 1. The number of aromatic amines is 1. The maximum absolute atomic E-state index is 4.10. The highest BCUT2D eigenvalue weighted by Gasteiger charge is 1.93. The molecule has 1 heterocycles. The van der Waals surface area contributed by atoms with Crippen molar-refractivity contribution in [2.75, 3.05) is 6.54 Å². The van der Waals surface area contributed by atoms with Gasteiger partial charge in [0.05, 0.1) is 0 Å². The standard InChI is InChI=1S/C9H15N3/c1-3-4-5-10-6-9-7-11-8(2)12-9/h3,7,10H,1,4-6H2,2H3,(H,11,12). The molecule has 1 rings (SSSR count).